The minimum absolute atomic E-state index is 0.160. The quantitative estimate of drug-likeness (QED) is 0.427. The highest BCUT2D eigenvalue weighted by Gasteiger charge is 2.17. The predicted molar refractivity (Wildman–Crippen MR) is 121 cm³/mol. The van der Waals surface area contributed by atoms with Gasteiger partial charge < -0.3 is 9.30 Å². The number of pyridine rings is 1. The molecule has 8 nitrogen and oxygen atoms in total. The Balaban J connectivity index is 1.63. The molecule has 0 radical (unpaired) electrons. The van der Waals surface area contributed by atoms with Crippen molar-refractivity contribution < 1.29 is 17.9 Å². The number of esters is 1. The van der Waals surface area contributed by atoms with Crippen molar-refractivity contribution in [2.24, 2.45) is 0 Å². The number of methoxy groups -OCH3 is 1. The number of imidazole rings is 1. The zero-order chi connectivity index (χ0) is 22.9. The summed E-state index contributed by atoms with van der Waals surface area (Å²) in [7, 11) is -2.43. The fraction of sp³-hybridized carbons (Fsp3) is 0.136. The number of aryl methyl sites for hydroxylation is 1. The van der Waals surface area contributed by atoms with Crippen molar-refractivity contribution in [3.63, 3.8) is 0 Å². The van der Waals surface area contributed by atoms with Crippen LogP contribution < -0.4 is 4.72 Å². The number of hydrogen-bond acceptors (Lipinski definition) is 6. The lowest BCUT2D eigenvalue weighted by molar-refractivity contribution is 0.0594. The van der Waals surface area contributed by atoms with E-state index in [0.29, 0.717) is 34.2 Å². The second kappa shape index (κ2) is 8.60. The van der Waals surface area contributed by atoms with Crippen molar-refractivity contribution in [3.8, 4) is 0 Å². The van der Waals surface area contributed by atoms with E-state index in [2.05, 4.69) is 14.7 Å². The first-order valence-corrected chi connectivity index (χ1v) is 11.4. The minimum Gasteiger partial charge on any atom is -0.464 e. The molecule has 2 aromatic heterocycles. The summed E-state index contributed by atoms with van der Waals surface area (Å²) < 4.78 is 34.2. The third-order valence-electron chi connectivity index (χ3n) is 4.86. The molecule has 0 aliphatic heterocycles. The first-order chi connectivity index (χ1) is 15.3. The molecule has 0 amide bonds. The zero-order valence-corrected chi connectivity index (χ0v) is 18.8. The van der Waals surface area contributed by atoms with Gasteiger partial charge in [0.15, 0.2) is 11.3 Å². The van der Waals surface area contributed by atoms with Crippen molar-refractivity contribution in [2.45, 2.75) is 18.4 Å². The van der Waals surface area contributed by atoms with Crippen LogP contribution in [0.2, 0.25) is 5.02 Å². The van der Waals surface area contributed by atoms with Gasteiger partial charge in [-0.25, -0.2) is 23.2 Å². The Morgan fingerprint density at radius 2 is 1.84 bits per heavy atom. The number of benzene rings is 2. The summed E-state index contributed by atoms with van der Waals surface area (Å²) in [6.07, 6.45) is 0. The summed E-state index contributed by atoms with van der Waals surface area (Å²) in [6.45, 7) is 2.17. The first-order valence-electron chi connectivity index (χ1n) is 9.57. The zero-order valence-electron chi connectivity index (χ0n) is 17.2. The minimum atomic E-state index is -3.72. The lowest BCUT2D eigenvalue weighted by Crippen LogP contribution is -2.13. The van der Waals surface area contributed by atoms with Gasteiger partial charge in [0.2, 0.25) is 0 Å². The number of anilines is 1. The van der Waals surface area contributed by atoms with E-state index in [1.165, 1.54) is 19.2 Å². The summed E-state index contributed by atoms with van der Waals surface area (Å²) in [6, 6.07) is 16.3. The molecule has 0 spiro atoms. The number of hydrogen-bond donors (Lipinski definition) is 1. The van der Waals surface area contributed by atoms with Crippen molar-refractivity contribution in [2.75, 3.05) is 11.8 Å². The van der Waals surface area contributed by atoms with Crippen LogP contribution in [0.4, 0.5) is 5.69 Å². The lowest BCUT2D eigenvalue weighted by Gasteiger charge is -2.12. The number of sulfonamides is 1. The largest absolute Gasteiger partial charge is 0.464 e. The molecule has 2 aromatic carbocycles. The average molecular weight is 471 g/mol. The summed E-state index contributed by atoms with van der Waals surface area (Å²) in [4.78, 5) is 20.9. The van der Waals surface area contributed by atoms with Crippen molar-refractivity contribution in [1.82, 2.24) is 14.5 Å². The molecule has 2 heterocycles. The van der Waals surface area contributed by atoms with Gasteiger partial charge in [0.05, 0.1) is 24.2 Å². The van der Waals surface area contributed by atoms with Crippen LogP contribution >= 0.6 is 11.6 Å². The number of nitrogens with one attached hydrogen (secondary N) is 1. The van der Waals surface area contributed by atoms with Crippen LogP contribution in [0, 0.1) is 6.92 Å². The van der Waals surface area contributed by atoms with Crippen LogP contribution in [0.25, 0.3) is 11.2 Å². The number of fused-ring (bicyclic) bond motifs is 1. The van der Waals surface area contributed by atoms with Gasteiger partial charge in [0.25, 0.3) is 10.0 Å². The van der Waals surface area contributed by atoms with Crippen molar-refractivity contribution in [3.05, 3.63) is 82.8 Å². The van der Waals surface area contributed by atoms with Gasteiger partial charge in [-0.1, -0.05) is 35.9 Å². The number of nitrogens with zero attached hydrogens (tertiary/aromatic N) is 3. The number of ether oxygens (including phenoxy) is 1. The monoisotopic (exact) mass is 470 g/mol. The Morgan fingerprint density at radius 3 is 2.53 bits per heavy atom. The molecule has 0 bridgehead atoms. The Hall–Kier alpha value is -3.43. The molecule has 0 unspecified atom stereocenters. The molecule has 0 saturated heterocycles. The van der Waals surface area contributed by atoms with Crippen LogP contribution in [0.15, 0.2) is 65.6 Å². The Morgan fingerprint density at radius 1 is 1.09 bits per heavy atom. The number of carbonyl (C=O) groups excluding carboxylic acids is 1. The van der Waals surface area contributed by atoms with E-state index in [4.69, 9.17) is 16.3 Å². The molecular formula is C22H19ClN4O4S. The lowest BCUT2D eigenvalue weighted by atomic mass is 10.2. The second-order valence-electron chi connectivity index (χ2n) is 7.00. The summed E-state index contributed by atoms with van der Waals surface area (Å²) in [5, 5.41) is 0.378. The maximum Gasteiger partial charge on any atom is 0.356 e. The van der Waals surface area contributed by atoms with Crippen molar-refractivity contribution in [1.29, 1.82) is 0 Å². The van der Waals surface area contributed by atoms with Gasteiger partial charge >= 0.3 is 5.97 Å². The average Bonchev–Trinajstić information content (AvgIpc) is 3.09. The second-order valence-corrected chi connectivity index (χ2v) is 9.09. The van der Waals surface area contributed by atoms with Crippen LogP contribution in [-0.2, 0) is 21.3 Å². The number of carbonyl (C=O) groups is 1. The number of aromatic nitrogens is 3. The first kappa shape index (κ1) is 21.8. The predicted octanol–water partition coefficient (Wildman–Crippen LogP) is 4.03. The molecule has 0 saturated carbocycles. The van der Waals surface area contributed by atoms with Gasteiger partial charge in [0, 0.05) is 5.02 Å². The van der Waals surface area contributed by atoms with Gasteiger partial charge in [0.1, 0.15) is 11.3 Å². The molecule has 0 atom stereocenters. The van der Waals surface area contributed by atoms with Crippen LogP contribution in [0.3, 0.4) is 0 Å². The maximum atomic E-state index is 12.5. The fourth-order valence-electron chi connectivity index (χ4n) is 3.25. The molecular weight excluding hydrogens is 452 g/mol. The summed E-state index contributed by atoms with van der Waals surface area (Å²) >= 11 is 6.47. The smallest absolute Gasteiger partial charge is 0.356 e. The molecule has 0 aliphatic carbocycles. The highest BCUT2D eigenvalue weighted by Crippen LogP contribution is 2.26. The molecule has 4 aromatic rings. The Labute approximate surface area is 189 Å². The number of halogens is 1. The van der Waals surface area contributed by atoms with Gasteiger partial charge in [-0.2, -0.15) is 0 Å². The van der Waals surface area contributed by atoms with Crippen LogP contribution in [-0.4, -0.2) is 36.0 Å². The third kappa shape index (κ3) is 4.30. The molecule has 164 valence electrons. The summed E-state index contributed by atoms with van der Waals surface area (Å²) in [5.41, 5.74) is 2.43. The van der Waals surface area contributed by atoms with Crippen LogP contribution in [0.1, 0.15) is 21.9 Å². The molecule has 1 N–H and O–H groups in total. The van der Waals surface area contributed by atoms with E-state index in [1.54, 1.807) is 48.5 Å². The van der Waals surface area contributed by atoms with E-state index in [0.717, 1.165) is 5.56 Å². The fourth-order valence-corrected chi connectivity index (χ4v) is 4.56. The molecule has 0 aliphatic rings. The number of rotatable bonds is 6. The van der Waals surface area contributed by atoms with Crippen LogP contribution in [0.5, 0.6) is 0 Å². The SMILES string of the molecule is COC(=O)c1ccc2nc(C)n(Cc3ccc(NS(=O)(=O)c4ccccc4)cc3Cl)c2n1. The molecule has 10 heteroatoms. The molecule has 32 heavy (non-hydrogen) atoms. The normalized spacial score (nSPS) is 11.5. The highest BCUT2D eigenvalue weighted by molar-refractivity contribution is 7.92. The van der Waals surface area contributed by atoms with E-state index in [9.17, 15) is 13.2 Å². The Kier molecular flexibility index (Phi) is 5.86. The standard InChI is InChI=1S/C22H19ClN4O4S/c1-14-24-19-10-11-20(22(28)31-2)25-21(19)27(14)13-15-8-9-16(12-18(15)23)26-32(29,30)17-6-4-3-5-7-17/h3-12,26H,13H2,1-2H3. The van der Waals surface area contributed by atoms with E-state index in [-0.39, 0.29) is 10.6 Å². The van der Waals surface area contributed by atoms with E-state index >= 15 is 0 Å². The highest BCUT2D eigenvalue weighted by atomic mass is 35.5. The van der Waals surface area contributed by atoms with Gasteiger partial charge in [-0.05, 0) is 48.9 Å². The Bertz CT molecular complexity index is 1420. The van der Waals surface area contributed by atoms with Gasteiger partial charge in [-0.3, -0.25) is 4.72 Å². The topological polar surface area (TPSA) is 103 Å². The third-order valence-corrected chi connectivity index (χ3v) is 6.61. The van der Waals surface area contributed by atoms with Crippen molar-refractivity contribution >= 4 is 44.4 Å². The van der Waals surface area contributed by atoms with Gasteiger partial charge in [-0.15, -0.1) is 0 Å². The maximum absolute atomic E-state index is 12.5. The summed E-state index contributed by atoms with van der Waals surface area (Å²) in [5.74, 6) is 0.157. The van der Waals surface area contributed by atoms with E-state index < -0.39 is 16.0 Å². The van der Waals surface area contributed by atoms with E-state index in [1.807, 2.05) is 11.5 Å². The molecule has 4 rings (SSSR count). The molecule has 0 fully saturated rings.